The standard InChI is InChI=1S/C26H35N3O4/c1-3-4-13-33-24-10-8-23(9-11-24)26(31)28-17-25(30)27-16-21-6-5-7-22(15-21)19-29-12-14-32-20(2)18-29/h5-11,15,20H,3-4,12-14,16-19H2,1-2H3,(H,27,30)(H,28,31). The summed E-state index contributed by atoms with van der Waals surface area (Å²) in [5.74, 6) is 0.227. The zero-order valence-electron chi connectivity index (χ0n) is 19.6. The van der Waals surface area contributed by atoms with E-state index >= 15 is 0 Å². The Kier molecular flexibility index (Phi) is 9.72. The molecule has 7 heteroatoms. The molecule has 7 nitrogen and oxygen atoms in total. The summed E-state index contributed by atoms with van der Waals surface area (Å²) in [4.78, 5) is 26.9. The second-order valence-corrected chi connectivity index (χ2v) is 8.42. The number of unbranched alkanes of at least 4 members (excludes halogenated alkanes) is 1. The molecule has 1 fully saturated rings. The molecule has 1 aliphatic heterocycles. The van der Waals surface area contributed by atoms with Crippen LogP contribution in [-0.4, -0.2) is 55.7 Å². The van der Waals surface area contributed by atoms with Crippen molar-refractivity contribution in [2.45, 2.75) is 45.9 Å². The van der Waals surface area contributed by atoms with E-state index in [1.54, 1.807) is 24.3 Å². The van der Waals surface area contributed by atoms with Crippen LogP contribution in [0.15, 0.2) is 48.5 Å². The van der Waals surface area contributed by atoms with E-state index in [9.17, 15) is 9.59 Å². The Morgan fingerprint density at radius 2 is 1.91 bits per heavy atom. The summed E-state index contributed by atoms with van der Waals surface area (Å²) in [5.41, 5.74) is 2.74. The van der Waals surface area contributed by atoms with Crippen molar-refractivity contribution in [3.63, 3.8) is 0 Å². The molecule has 2 aromatic carbocycles. The highest BCUT2D eigenvalue weighted by molar-refractivity contribution is 5.96. The molecule has 0 saturated carbocycles. The number of morpholine rings is 1. The van der Waals surface area contributed by atoms with Gasteiger partial charge in [-0.2, -0.15) is 0 Å². The third kappa shape index (κ3) is 8.51. The Balaban J connectivity index is 1.40. The summed E-state index contributed by atoms with van der Waals surface area (Å²) >= 11 is 0. The highest BCUT2D eigenvalue weighted by Crippen LogP contribution is 2.13. The number of hydrogen-bond donors (Lipinski definition) is 2. The topological polar surface area (TPSA) is 79.9 Å². The summed E-state index contributed by atoms with van der Waals surface area (Å²) in [6.07, 6.45) is 2.32. The predicted octanol–water partition coefficient (Wildman–Crippen LogP) is 3.13. The Morgan fingerprint density at radius 1 is 1.12 bits per heavy atom. The van der Waals surface area contributed by atoms with Crippen LogP contribution in [0.25, 0.3) is 0 Å². The lowest BCUT2D eigenvalue weighted by molar-refractivity contribution is -0.120. The van der Waals surface area contributed by atoms with E-state index in [0.29, 0.717) is 18.7 Å². The summed E-state index contributed by atoms with van der Waals surface area (Å²) in [6.45, 7) is 8.71. The van der Waals surface area contributed by atoms with Gasteiger partial charge in [0.15, 0.2) is 0 Å². The third-order valence-corrected chi connectivity index (χ3v) is 5.51. The fraction of sp³-hybridized carbons (Fsp3) is 0.462. The number of carbonyl (C=O) groups is 2. The van der Waals surface area contributed by atoms with Crippen molar-refractivity contribution in [1.82, 2.24) is 15.5 Å². The molecule has 1 atom stereocenters. The van der Waals surface area contributed by atoms with E-state index in [1.807, 2.05) is 12.1 Å². The zero-order valence-corrected chi connectivity index (χ0v) is 19.6. The molecule has 1 heterocycles. The Hall–Kier alpha value is -2.90. The molecule has 1 unspecified atom stereocenters. The molecule has 0 bridgehead atoms. The minimum absolute atomic E-state index is 0.0705. The number of nitrogens with one attached hydrogen (secondary N) is 2. The Morgan fingerprint density at radius 3 is 2.67 bits per heavy atom. The molecule has 1 saturated heterocycles. The molecule has 178 valence electrons. The van der Waals surface area contributed by atoms with E-state index < -0.39 is 0 Å². The van der Waals surface area contributed by atoms with Crippen LogP contribution in [0.4, 0.5) is 0 Å². The maximum absolute atomic E-state index is 12.3. The van der Waals surface area contributed by atoms with Gasteiger partial charge < -0.3 is 20.1 Å². The zero-order chi connectivity index (χ0) is 23.5. The monoisotopic (exact) mass is 453 g/mol. The summed E-state index contributed by atoms with van der Waals surface area (Å²) in [7, 11) is 0. The third-order valence-electron chi connectivity index (χ3n) is 5.51. The van der Waals surface area contributed by atoms with Gasteiger partial charge in [-0.1, -0.05) is 37.6 Å². The lowest BCUT2D eigenvalue weighted by Crippen LogP contribution is -2.40. The van der Waals surface area contributed by atoms with E-state index in [2.05, 4.69) is 41.5 Å². The van der Waals surface area contributed by atoms with Crippen LogP contribution < -0.4 is 15.4 Å². The van der Waals surface area contributed by atoms with Gasteiger partial charge in [0.25, 0.3) is 5.91 Å². The second-order valence-electron chi connectivity index (χ2n) is 8.42. The van der Waals surface area contributed by atoms with Crippen LogP contribution in [0.2, 0.25) is 0 Å². The van der Waals surface area contributed by atoms with Crippen molar-refractivity contribution in [3.8, 4) is 5.75 Å². The van der Waals surface area contributed by atoms with Crippen molar-refractivity contribution < 1.29 is 19.1 Å². The Labute approximate surface area is 196 Å². The summed E-state index contributed by atoms with van der Waals surface area (Å²) in [5, 5.41) is 5.54. The highest BCUT2D eigenvalue weighted by atomic mass is 16.5. The molecule has 0 radical (unpaired) electrons. The van der Waals surface area contributed by atoms with Crippen LogP contribution in [0.3, 0.4) is 0 Å². The molecular weight excluding hydrogens is 418 g/mol. The fourth-order valence-corrected chi connectivity index (χ4v) is 3.69. The van der Waals surface area contributed by atoms with E-state index in [-0.39, 0.29) is 24.5 Å². The Bertz CT molecular complexity index is 901. The van der Waals surface area contributed by atoms with Gasteiger partial charge in [0.1, 0.15) is 5.75 Å². The van der Waals surface area contributed by atoms with E-state index in [0.717, 1.165) is 50.4 Å². The van der Waals surface area contributed by atoms with E-state index in [4.69, 9.17) is 9.47 Å². The van der Waals surface area contributed by atoms with Crippen molar-refractivity contribution >= 4 is 11.8 Å². The first-order valence-corrected chi connectivity index (χ1v) is 11.7. The van der Waals surface area contributed by atoms with Gasteiger partial charge in [0.05, 0.1) is 25.9 Å². The second kappa shape index (κ2) is 13.0. The van der Waals surface area contributed by atoms with Crippen molar-refractivity contribution in [2.75, 3.05) is 32.8 Å². The van der Waals surface area contributed by atoms with Crippen molar-refractivity contribution in [1.29, 1.82) is 0 Å². The molecule has 0 aromatic heterocycles. The SMILES string of the molecule is CCCCOc1ccc(C(=O)NCC(=O)NCc2cccc(CN3CCOC(C)C3)c2)cc1. The number of rotatable bonds is 11. The minimum atomic E-state index is -0.285. The van der Waals surface area contributed by atoms with Gasteiger partial charge in [-0.3, -0.25) is 14.5 Å². The minimum Gasteiger partial charge on any atom is -0.494 e. The first-order valence-electron chi connectivity index (χ1n) is 11.7. The molecule has 2 N–H and O–H groups in total. The molecule has 2 amide bonds. The maximum atomic E-state index is 12.3. The van der Waals surface area contributed by atoms with Crippen LogP contribution in [0.1, 0.15) is 48.2 Å². The lowest BCUT2D eigenvalue weighted by Gasteiger charge is -2.31. The van der Waals surface area contributed by atoms with Gasteiger partial charge >= 0.3 is 0 Å². The largest absolute Gasteiger partial charge is 0.494 e. The number of benzene rings is 2. The van der Waals surface area contributed by atoms with Crippen molar-refractivity contribution in [2.24, 2.45) is 0 Å². The molecule has 33 heavy (non-hydrogen) atoms. The smallest absolute Gasteiger partial charge is 0.251 e. The summed E-state index contributed by atoms with van der Waals surface area (Å²) < 4.78 is 11.2. The van der Waals surface area contributed by atoms with Crippen LogP contribution in [-0.2, 0) is 22.6 Å². The summed E-state index contributed by atoms with van der Waals surface area (Å²) in [6, 6.07) is 15.2. The van der Waals surface area contributed by atoms with Gasteiger partial charge in [0.2, 0.25) is 5.91 Å². The van der Waals surface area contributed by atoms with Gasteiger partial charge in [-0.25, -0.2) is 0 Å². The van der Waals surface area contributed by atoms with Crippen molar-refractivity contribution in [3.05, 3.63) is 65.2 Å². The first kappa shape index (κ1) is 24.7. The van der Waals surface area contributed by atoms with E-state index in [1.165, 1.54) is 5.56 Å². The molecule has 0 spiro atoms. The quantitative estimate of drug-likeness (QED) is 0.511. The highest BCUT2D eigenvalue weighted by Gasteiger charge is 2.16. The van der Waals surface area contributed by atoms with Gasteiger partial charge in [-0.05, 0) is 48.7 Å². The van der Waals surface area contributed by atoms with Crippen LogP contribution in [0, 0.1) is 0 Å². The maximum Gasteiger partial charge on any atom is 0.251 e. The molecule has 2 aromatic rings. The van der Waals surface area contributed by atoms with Gasteiger partial charge in [-0.15, -0.1) is 0 Å². The predicted molar refractivity (Wildman–Crippen MR) is 128 cm³/mol. The fourth-order valence-electron chi connectivity index (χ4n) is 3.69. The number of carbonyl (C=O) groups excluding carboxylic acids is 2. The number of ether oxygens (including phenoxy) is 2. The normalized spacial score (nSPS) is 16.2. The average Bonchev–Trinajstić information content (AvgIpc) is 2.82. The average molecular weight is 454 g/mol. The number of amides is 2. The number of nitrogens with zero attached hydrogens (tertiary/aromatic N) is 1. The van der Waals surface area contributed by atoms with Crippen LogP contribution in [0.5, 0.6) is 5.75 Å². The van der Waals surface area contributed by atoms with Crippen LogP contribution >= 0.6 is 0 Å². The molecular formula is C26H35N3O4. The number of hydrogen-bond acceptors (Lipinski definition) is 5. The lowest BCUT2D eigenvalue weighted by atomic mass is 10.1. The molecule has 0 aliphatic carbocycles. The molecule has 3 rings (SSSR count). The first-order chi connectivity index (χ1) is 16.0. The molecule has 1 aliphatic rings. The van der Waals surface area contributed by atoms with Gasteiger partial charge in [0, 0.05) is 31.7 Å².